The molecule has 2 aliphatic rings. The number of hydrogen-bond donors (Lipinski definition) is 4. The van der Waals surface area contributed by atoms with Crippen molar-refractivity contribution in [3.8, 4) is 22.8 Å². The highest BCUT2D eigenvalue weighted by Gasteiger charge is 2.51. The second-order valence-electron chi connectivity index (χ2n) is 19.3. The van der Waals surface area contributed by atoms with E-state index in [1.807, 2.05) is 25.1 Å². The molecule has 5 heterocycles. The minimum absolute atomic E-state index is 0.301. The monoisotopic (exact) mass is 1020 g/mol. The first-order valence-corrected chi connectivity index (χ1v) is 23.4. The first-order chi connectivity index (χ1) is 31.6. The van der Waals surface area contributed by atoms with Crippen LogP contribution in [-0.2, 0) is 22.4 Å². The van der Waals surface area contributed by atoms with Crippen molar-refractivity contribution < 1.29 is 29.0 Å². The molecule has 0 radical (unpaired) electrons. The number of anilines is 2. The molecule has 350 valence electrons. The number of nitrogens with two attached hydrogens (primary N) is 2. The standard InChI is InChI=1S/C22H23N5O2.C18H23BO3.C9H12IN5O/c1-22(2,28)11-27-21-18(20(23)24-12-25-21)19(26-27)15-4-3-14-10-17(29-16-7-8-16)6-5-13(14)9-15;1-6-20-16-10-8-13-11-15(9-7-14(13)12-16)19-21-17(2,3)18(4,5)22-19;1-9(2,16)3-15-8-5(6(10)14-15)7(11)12-4-13-8/h3-6,9-10,12,16,28H,7-8,11H2,1-2H3,(H2,23,24,25);7-12H,6H2,1-5H3;4,16H,3H2,1-2H3,(H2,11,12,13). The number of halogens is 1. The molecule has 6 N–H and O–H groups in total. The highest BCUT2D eigenvalue weighted by Crippen LogP contribution is 2.37. The second kappa shape index (κ2) is 18.4. The molecule has 1 saturated heterocycles. The van der Waals surface area contributed by atoms with Gasteiger partial charge in [-0.25, -0.2) is 29.3 Å². The van der Waals surface area contributed by atoms with Crippen molar-refractivity contribution in [1.82, 2.24) is 39.5 Å². The van der Waals surface area contributed by atoms with Crippen molar-refractivity contribution >= 4 is 90.4 Å². The number of fused-ring (bicyclic) bond motifs is 4. The number of ether oxygens (including phenoxy) is 2. The molecular formula is C49H58BIN10O6. The number of benzene rings is 4. The Kier molecular flexibility index (Phi) is 13.2. The van der Waals surface area contributed by atoms with Crippen molar-refractivity contribution in [3.05, 3.63) is 89.2 Å². The van der Waals surface area contributed by atoms with E-state index in [1.54, 1.807) is 37.1 Å². The van der Waals surface area contributed by atoms with Crippen LogP contribution < -0.4 is 26.4 Å². The van der Waals surface area contributed by atoms with Gasteiger partial charge in [-0.15, -0.1) is 0 Å². The van der Waals surface area contributed by atoms with E-state index in [0.717, 1.165) is 66.0 Å². The van der Waals surface area contributed by atoms with Crippen molar-refractivity contribution in [2.75, 3.05) is 18.1 Å². The number of rotatable bonds is 10. The van der Waals surface area contributed by atoms with Gasteiger partial charge in [0.15, 0.2) is 11.3 Å². The molecule has 4 aromatic heterocycles. The Bertz CT molecular complexity index is 3070. The van der Waals surface area contributed by atoms with Gasteiger partial charge in [-0.3, -0.25) is 0 Å². The zero-order chi connectivity index (χ0) is 48.1. The number of nitrogen functional groups attached to an aromatic ring is 2. The molecule has 0 atom stereocenters. The highest BCUT2D eigenvalue weighted by molar-refractivity contribution is 14.1. The Morgan fingerprint density at radius 1 is 0.701 bits per heavy atom. The molecule has 2 fully saturated rings. The van der Waals surface area contributed by atoms with Crippen LogP contribution in [0.15, 0.2) is 85.5 Å². The van der Waals surface area contributed by atoms with Crippen molar-refractivity contribution in [2.24, 2.45) is 0 Å². The zero-order valence-corrected chi connectivity index (χ0v) is 41.6. The Hall–Kier alpha value is -5.67. The van der Waals surface area contributed by atoms with Crippen molar-refractivity contribution in [3.63, 3.8) is 0 Å². The van der Waals surface area contributed by atoms with Gasteiger partial charge in [-0.1, -0.05) is 42.5 Å². The van der Waals surface area contributed by atoms with Gasteiger partial charge in [0.05, 0.1) is 59.0 Å². The van der Waals surface area contributed by atoms with Crippen LogP contribution in [0.4, 0.5) is 11.6 Å². The Morgan fingerprint density at radius 3 is 1.81 bits per heavy atom. The van der Waals surface area contributed by atoms with Gasteiger partial charge in [0.25, 0.3) is 0 Å². The number of aliphatic hydroxyl groups is 2. The molecule has 67 heavy (non-hydrogen) atoms. The number of nitrogens with zero attached hydrogens (tertiary/aromatic N) is 8. The maximum absolute atomic E-state index is 10.3. The lowest BCUT2D eigenvalue weighted by Gasteiger charge is -2.32. The van der Waals surface area contributed by atoms with E-state index in [2.05, 4.69) is 130 Å². The fourth-order valence-electron chi connectivity index (χ4n) is 7.62. The van der Waals surface area contributed by atoms with Crippen LogP contribution in [0.25, 0.3) is 54.9 Å². The molecule has 1 aliphatic heterocycles. The van der Waals surface area contributed by atoms with Gasteiger partial charge in [0.1, 0.15) is 45.2 Å². The summed E-state index contributed by atoms with van der Waals surface area (Å²) in [6.45, 7) is 18.5. The van der Waals surface area contributed by atoms with Crippen LogP contribution in [0.2, 0.25) is 0 Å². The van der Waals surface area contributed by atoms with Crippen LogP contribution in [0, 0.1) is 3.70 Å². The fraction of sp³-hybridized carbons (Fsp3) is 0.388. The molecule has 1 aliphatic carbocycles. The smallest absolute Gasteiger partial charge is 0.494 e. The molecule has 4 aromatic carbocycles. The van der Waals surface area contributed by atoms with Gasteiger partial charge < -0.3 is 40.5 Å². The molecule has 1 saturated carbocycles. The third-order valence-corrected chi connectivity index (χ3v) is 12.5. The first kappa shape index (κ1) is 47.8. The third-order valence-electron chi connectivity index (χ3n) is 11.7. The summed E-state index contributed by atoms with van der Waals surface area (Å²) in [6.07, 6.45) is 5.48. The SMILES string of the molecule is CC(C)(O)Cn1nc(-c2ccc3cc(OC4CC4)ccc3c2)c2c(N)ncnc21.CC(C)(O)Cn1nc(I)c2c(N)ncnc21.CCOc1ccc2cc(B3OC(C)(C)C(C)(C)O3)ccc2c1. The predicted octanol–water partition coefficient (Wildman–Crippen LogP) is 7.86. The molecular weight excluding hydrogens is 962 g/mol. The quantitative estimate of drug-likeness (QED) is 0.0758. The molecule has 0 amide bonds. The topological polar surface area (TPSA) is 217 Å². The fourth-order valence-corrected chi connectivity index (χ4v) is 8.40. The summed E-state index contributed by atoms with van der Waals surface area (Å²) in [5.74, 6) is 2.60. The van der Waals surface area contributed by atoms with Gasteiger partial charge in [0.2, 0.25) is 0 Å². The normalized spacial score (nSPS) is 15.7. The summed E-state index contributed by atoms with van der Waals surface area (Å²) in [4.78, 5) is 16.6. The van der Waals surface area contributed by atoms with Crippen LogP contribution in [0.1, 0.15) is 75.2 Å². The average Bonchev–Trinajstić information content (AvgIpc) is 3.85. The third kappa shape index (κ3) is 10.9. The Labute approximate surface area is 403 Å². The minimum atomic E-state index is -0.933. The minimum Gasteiger partial charge on any atom is -0.494 e. The van der Waals surface area contributed by atoms with Gasteiger partial charge in [-0.05, 0) is 155 Å². The average molecular weight is 1020 g/mol. The van der Waals surface area contributed by atoms with Crippen LogP contribution in [0.3, 0.4) is 0 Å². The van der Waals surface area contributed by atoms with E-state index in [0.29, 0.717) is 59.8 Å². The second-order valence-corrected chi connectivity index (χ2v) is 20.3. The summed E-state index contributed by atoms with van der Waals surface area (Å²) in [6, 6.07) is 24.7. The molecule has 8 aromatic rings. The van der Waals surface area contributed by atoms with Gasteiger partial charge >= 0.3 is 7.12 Å². The van der Waals surface area contributed by atoms with E-state index < -0.39 is 11.2 Å². The zero-order valence-electron chi connectivity index (χ0n) is 39.4. The maximum Gasteiger partial charge on any atom is 0.494 e. The largest absolute Gasteiger partial charge is 0.494 e. The summed E-state index contributed by atoms with van der Waals surface area (Å²) in [5, 5.41) is 35.0. The molecule has 10 rings (SSSR count). The van der Waals surface area contributed by atoms with E-state index in [4.69, 9.17) is 35.3 Å². The molecule has 0 unspecified atom stereocenters. The van der Waals surface area contributed by atoms with E-state index in [9.17, 15) is 10.2 Å². The van der Waals surface area contributed by atoms with E-state index in [1.165, 1.54) is 12.7 Å². The Balaban J connectivity index is 0.000000143. The summed E-state index contributed by atoms with van der Waals surface area (Å²) < 4.78 is 27.8. The number of aromatic nitrogens is 8. The molecule has 0 bridgehead atoms. The first-order valence-electron chi connectivity index (χ1n) is 22.4. The lowest BCUT2D eigenvalue weighted by atomic mass is 9.78. The van der Waals surface area contributed by atoms with E-state index in [-0.39, 0.29) is 18.3 Å². The molecule has 16 nitrogen and oxygen atoms in total. The summed E-state index contributed by atoms with van der Waals surface area (Å²) in [7, 11) is -0.319. The van der Waals surface area contributed by atoms with Gasteiger partial charge in [0, 0.05) is 5.56 Å². The summed E-state index contributed by atoms with van der Waals surface area (Å²) in [5.41, 5.74) is 13.5. The van der Waals surface area contributed by atoms with Crippen molar-refractivity contribution in [1.29, 1.82) is 0 Å². The highest BCUT2D eigenvalue weighted by atomic mass is 127. The molecule has 18 heteroatoms. The summed E-state index contributed by atoms with van der Waals surface area (Å²) >= 11 is 2.08. The van der Waals surface area contributed by atoms with Crippen LogP contribution in [-0.4, -0.2) is 91.9 Å². The maximum atomic E-state index is 10.3. The van der Waals surface area contributed by atoms with Crippen LogP contribution in [0.5, 0.6) is 11.5 Å². The lowest BCUT2D eigenvalue weighted by molar-refractivity contribution is 0.00578. The van der Waals surface area contributed by atoms with Crippen molar-refractivity contribution in [2.45, 2.75) is 117 Å². The number of hydrogen-bond acceptors (Lipinski definition) is 14. The van der Waals surface area contributed by atoms with Gasteiger partial charge in [-0.2, -0.15) is 10.2 Å². The van der Waals surface area contributed by atoms with E-state index >= 15 is 0 Å². The Morgan fingerprint density at radius 2 is 1.21 bits per heavy atom. The predicted molar refractivity (Wildman–Crippen MR) is 272 cm³/mol. The lowest BCUT2D eigenvalue weighted by Crippen LogP contribution is -2.41. The molecule has 0 spiro atoms. The van der Waals surface area contributed by atoms with Crippen LogP contribution >= 0.6 is 22.6 Å².